The van der Waals surface area contributed by atoms with Crippen LogP contribution in [0.15, 0.2) is 103 Å². The molecular formula is C31H30. The summed E-state index contributed by atoms with van der Waals surface area (Å²) in [6.07, 6.45) is 2.30. The van der Waals surface area contributed by atoms with Gasteiger partial charge < -0.3 is 0 Å². The van der Waals surface area contributed by atoms with Crippen LogP contribution in [0.1, 0.15) is 55.0 Å². The molecule has 154 valence electrons. The van der Waals surface area contributed by atoms with Crippen molar-refractivity contribution >= 4 is 0 Å². The van der Waals surface area contributed by atoms with Crippen LogP contribution >= 0.6 is 0 Å². The van der Waals surface area contributed by atoms with Crippen molar-refractivity contribution in [1.29, 1.82) is 0 Å². The molecule has 0 aromatic heterocycles. The lowest BCUT2D eigenvalue weighted by Crippen LogP contribution is -2.28. The van der Waals surface area contributed by atoms with Crippen molar-refractivity contribution in [3.8, 4) is 11.1 Å². The molecule has 0 fully saturated rings. The van der Waals surface area contributed by atoms with Crippen molar-refractivity contribution < 1.29 is 0 Å². The van der Waals surface area contributed by atoms with E-state index in [1.807, 2.05) is 0 Å². The zero-order chi connectivity index (χ0) is 21.5. The molecule has 0 spiro atoms. The molecule has 0 amide bonds. The number of rotatable bonds is 4. The second-order valence-electron chi connectivity index (χ2n) is 9.97. The first kappa shape index (κ1) is 19.8. The van der Waals surface area contributed by atoms with E-state index in [4.69, 9.17) is 0 Å². The molecule has 31 heavy (non-hydrogen) atoms. The molecule has 5 rings (SSSR count). The minimum absolute atomic E-state index is 0.281. The molecule has 0 unspecified atom stereocenters. The molecular weight excluding hydrogens is 372 g/mol. The maximum absolute atomic E-state index is 2.45. The van der Waals surface area contributed by atoms with Crippen LogP contribution in [0, 0.1) is 5.41 Å². The van der Waals surface area contributed by atoms with Crippen LogP contribution in [0.5, 0.6) is 0 Å². The minimum Gasteiger partial charge on any atom is -0.0622 e. The molecule has 0 saturated carbocycles. The molecule has 0 bridgehead atoms. The van der Waals surface area contributed by atoms with Crippen molar-refractivity contribution in [3.63, 3.8) is 0 Å². The first-order chi connectivity index (χ1) is 15.0. The Balaban J connectivity index is 1.78. The summed E-state index contributed by atoms with van der Waals surface area (Å²) in [7, 11) is 0. The Bertz CT molecular complexity index is 1150. The molecule has 4 aromatic rings. The van der Waals surface area contributed by atoms with Crippen LogP contribution < -0.4 is 0 Å². The molecule has 0 N–H and O–H groups in total. The average molecular weight is 403 g/mol. The van der Waals surface area contributed by atoms with Crippen LogP contribution in [0.3, 0.4) is 0 Å². The summed E-state index contributed by atoms with van der Waals surface area (Å²) in [5, 5.41) is 0. The fourth-order valence-electron chi connectivity index (χ4n) is 5.17. The molecule has 0 atom stereocenters. The third kappa shape index (κ3) is 3.31. The summed E-state index contributed by atoms with van der Waals surface area (Å²) >= 11 is 0. The van der Waals surface area contributed by atoms with E-state index in [9.17, 15) is 0 Å². The number of fused-ring (bicyclic) bond motifs is 3. The highest BCUT2D eigenvalue weighted by Crippen LogP contribution is 2.56. The quantitative estimate of drug-likeness (QED) is 0.285. The Labute approximate surface area is 186 Å². The summed E-state index contributed by atoms with van der Waals surface area (Å²) in [5.74, 6) is 0. The van der Waals surface area contributed by atoms with E-state index in [2.05, 4.69) is 124 Å². The highest BCUT2D eigenvalue weighted by molar-refractivity contribution is 5.86. The van der Waals surface area contributed by atoms with Gasteiger partial charge in [-0.25, -0.2) is 0 Å². The molecule has 0 nitrogen and oxygen atoms in total. The van der Waals surface area contributed by atoms with E-state index in [0.29, 0.717) is 5.41 Å². The Morgan fingerprint density at radius 3 is 1.74 bits per heavy atom. The van der Waals surface area contributed by atoms with Crippen molar-refractivity contribution in [2.75, 3.05) is 0 Å². The Hall–Kier alpha value is -3.12. The normalized spacial score (nSPS) is 14.2. The predicted octanol–water partition coefficient (Wildman–Crippen LogP) is 8.03. The molecule has 0 aliphatic heterocycles. The first-order valence-electron chi connectivity index (χ1n) is 11.3. The van der Waals surface area contributed by atoms with E-state index >= 15 is 0 Å². The fourth-order valence-corrected chi connectivity index (χ4v) is 5.17. The van der Waals surface area contributed by atoms with E-state index in [0.717, 1.165) is 6.42 Å². The van der Waals surface area contributed by atoms with Crippen LogP contribution in [0.4, 0.5) is 0 Å². The number of hydrogen-bond donors (Lipinski definition) is 0. The SMILES string of the molecule is CC(C)(C)CCc1ccc2c(c1)-c1ccccc1C2(c1ccccc1)c1ccccc1. The first-order valence-corrected chi connectivity index (χ1v) is 11.3. The van der Waals surface area contributed by atoms with Crippen LogP contribution in [-0.2, 0) is 11.8 Å². The van der Waals surface area contributed by atoms with Gasteiger partial charge in [-0.1, -0.05) is 124 Å². The van der Waals surface area contributed by atoms with Crippen LogP contribution in [-0.4, -0.2) is 0 Å². The van der Waals surface area contributed by atoms with Gasteiger partial charge in [-0.05, 0) is 57.2 Å². The molecule has 0 saturated heterocycles. The van der Waals surface area contributed by atoms with Crippen molar-refractivity contribution in [2.45, 2.75) is 39.0 Å². The van der Waals surface area contributed by atoms with Gasteiger partial charge in [0.1, 0.15) is 0 Å². The lowest BCUT2D eigenvalue weighted by molar-refractivity contribution is 0.378. The van der Waals surface area contributed by atoms with Crippen LogP contribution in [0.25, 0.3) is 11.1 Å². The summed E-state index contributed by atoms with van der Waals surface area (Å²) in [5.41, 5.74) is 9.68. The fraction of sp³-hybridized carbons (Fsp3) is 0.226. The van der Waals surface area contributed by atoms with Gasteiger partial charge in [0.25, 0.3) is 0 Å². The lowest BCUT2D eigenvalue weighted by atomic mass is 9.67. The minimum atomic E-state index is -0.281. The number of aryl methyl sites for hydroxylation is 1. The molecule has 1 aliphatic rings. The van der Waals surface area contributed by atoms with Crippen molar-refractivity contribution in [1.82, 2.24) is 0 Å². The van der Waals surface area contributed by atoms with Gasteiger partial charge in [0.05, 0.1) is 5.41 Å². The van der Waals surface area contributed by atoms with E-state index in [1.54, 1.807) is 0 Å². The van der Waals surface area contributed by atoms with Crippen LogP contribution in [0.2, 0.25) is 0 Å². The topological polar surface area (TPSA) is 0 Å². The molecule has 0 heterocycles. The van der Waals surface area contributed by atoms with Gasteiger partial charge in [0.15, 0.2) is 0 Å². The monoisotopic (exact) mass is 402 g/mol. The highest BCUT2D eigenvalue weighted by Gasteiger charge is 2.45. The summed E-state index contributed by atoms with van der Waals surface area (Å²) in [4.78, 5) is 0. The van der Waals surface area contributed by atoms with Gasteiger partial charge in [-0.3, -0.25) is 0 Å². The molecule has 1 aliphatic carbocycles. The van der Waals surface area contributed by atoms with E-state index < -0.39 is 0 Å². The Morgan fingerprint density at radius 1 is 0.581 bits per heavy atom. The summed E-state index contributed by atoms with van der Waals surface area (Å²) in [6, 6.07) is 38.2. The molecule has 4 aromatic carbocycles. The van der Waals surface area contributed by atoms with E-state index in [1.165, 1.54) is 45.4 Å². The number of hydrogen-bond acceptors (Lipinski definition) is 0. The van der Waals surface area contributed by atoms with Gasteiger partial charge >= 0.3 is 0 Å². The molecule has 0 radical (unpaired) electrons. The summed E-state index contributed by atoms with van der Waals surface area (Å²) < 4.78 is 0. The van der Waals surface area contributed by atoms with Gasteiger partial charge in [-0.15, -0.1) is 0 Å². The Morgan fingerprint density at radius 2 is 1.13 bits per heavy atom. The maximum atomic E-state index is 2.45. The summed E-state index contributed by atoms with van der Waals surface area (Å²) in [6.45, 7) is 6.97. The molecule has 0 heteroatoms. The lowest BCUT2D eigenvalue weighted by Gasteiger charge is -2.33. The van der Waals surface area contributed by atoms with E-state index in [-0.39, 0.29) is 5.41 Å². The predicted molar refractivity (Wildman–Crippen MR) is 132 cm³/mol. The second kappa shape index (κ2) is 7.54. The third-order valence-electron chi connectivity index (χ3n) is 6.69. The second-order valence-corrected chi connectivity index (χ2v) is 9.97. The van der Waals surface area contributed by atoms with Gasteiger partial charge in [0, 0.05) is 0 Å². The zero-order valence-corrected chi connectivity index (χ0v) is 18.7. The standard InChI is InChI=1S/C31H30/c1-30(2,3)21-20-23-18-19-29-27(22-23)26-16-10-11-17-28(26)31(29,24-12-6-4-7-13-24)25-14-8-5-9-15-25/h4-19,22H,20-21H2,1-3H3. The smallest absolute Gasteiger partial charge is 0.0622 e. The Kier molecular flexibility index (Phi) is 4.82. The average Bonchev–Trinajstić information content (AvgIpc) is 3.09. The van der Waals surface area contributed by atoms with Crippen molar-refractivity contribution in [3.05, 3.63) is 131 Å². The number of benzene rings is 4. The largest absolute Gasteiger partial charge is 0.0713 e. The zero-order valence-electron chi connectivity index (χ0n) is 18.7. The van der Waals surface area contributed by atoms with Crippen molar-refractivity contribution in [2.24, 2.45) is 5.41 Å². The van der Waals surface area contributed by atoms with Gasteiger partial charge in [0.2, 0.25) is 0 Å². The highest BCUT2D eigenvalue weighted by atomic mass is 14.5. The van der Waals surface area contributed by atoms with Gasteiger partial charge in [-0.2, -0.15) is 0 Å². The maximum Gasteiger partial charge on any atom is 0.0713 e. The third-order valence-corrected chi connectivity index (χ3v) is 6.69.